The minimum atomic E-state index is 0.665. The normalized spacial score (nSPS) is 22.8. The minimum absolute atomic E-state index is 0.665. The number of nitrogens with zero attached hydrogens (tertiary/aromatic N) is 3. The first-order chi connectivity index (χ1) is 9.13. The molecule has 1 aliphatic rings. The van der Waals surface area contributed by atoms with E-state index in [9.17, 15) is 0 Å². The van der Waals surface area contributed by atoms with Gasteiger partial charge in [-0.05, 0) is 61.9 Å². The van der Waals surface area contributed by atoms with E-state index >= 15 is 0 Å². The SMILES string of the molecule is CCNCC1CCC1c1c(Br)cnn1CCN(C)C. The van der Waals surface area contributed by atoms with E-state index in [-0.39, 0.29) is 0 Å². The molecule has 1 aromatic heterocycles. The molecule has 0 amide bonds. The van der Waals surface area contributed by atoms with Crippen LogP contribution < -0.4 is 5.32 Å². The van der Waals surface area contributed by atoms with Crippen LogP contribution in [0.5, 0.6) is 0 Å². The van der Waals surface area contributed by atoms with Gasteiger partial charge in [-0.25, -0.2) is 0 Å². The second kappa shape index (κ2) is 6.86. The number of nitrogens with one attached hydrogen (secondary N) is 1. The third-order valence-electron chi connectivity index (χ3n) is 4.02. The van der Waals surface area contributed by atoms with E-state index in [1.54, 1.807) is 0 Å². The highest BCUT2D eigenvalue weighted by Gasteiger charge is 2.35. The van der Waals surface area contributed by atoms with Crippen molar-refractivity contribution < 1.29 is 0 Å². The van der Waals surface area contributed by atoms with Gasteiger partial charge in [0.1, 0.15) is 0 Å². The molecule has 0 bridgehead atoms. The van der Waals surface area contributed by atoms with E-state index in [0.29, 0.717) is 5.92 Å². The van der Waals surface area contributed by atoms with Crippen molar-refractivity contribution in [3.05, 3.63) is 16.4 Å². The lowest BCUT2D eigenvalue weighted by molar-refractivity contribution is 0.231. The summed E-state index contributed by atoms with van der Waals surface area (Å²) in [5, 5.41) is 8.01. The fourth-order valence-corrected chi connectivity index (χ4v) is 3.31. The highest BCUT2D eigenvalue weighted by molar-refractivity contribution is 9.10. The van der Waals surface area contributed by atoms with Crippen LogP contribution in [0.15, 0.2) is 10.7 Å². The summed E-state index contributed by atoms with van der Waals surface area (Å²) in [6, 6.07) is 0. The molecule has 0 radical (unpaired) electrons. The standard InChI is InChI=1S/C14H25BrN4/c1-4-16-9-11-5-6-12(11)14-13(15)10-17-19(14)8-7-18(2)3/h10-12,16H,4-9H2,1-3H3. The number of hydrogen-bond donors (Lipinski definition) is 1. The van der Waals surface area contributed by atoms with Crippen molar-refractivity contribution in [3.8, 4) is 0 Å². The fourth-order valence-electron chi connectivity index (χ4n) is 2.72. The maximum Gasteiger partial charge on any atom is 0.0635 e. The fraction of sp³-hybridized carbons (Fsp3) is 0.786. The zero-order valence-corrected chi connectivity index (χ0v) is 13.8. The van der Waals surface area contributed by atoms with Crippen molar-refractivity contribution in [2.75, 3.05) is 33.7 Å². The molecule has 1 saturated carbocycles. The predicted molar refractivity (Wildman–Crippen MR) is 82.5 cm³/mol. The van der Waals surface area contributed by atoms with Gasteiger partial charge >= 0.3 is 0 Å². The Balaban J connectivity index is 2.04. The highest BCUT2D eigenvalue weighted by Crippen LogP contribution is 2.44. The first kappa shape index (κ1) is 15.0. The van der Waals surface area contributed by atoms with Crippen LogP contribution in [0.3, 0.4) is 0 Å². The molecule has 1 aromatic rings. The van der Waals surface area contributed by atoms with Gasteiger partial charge in [0, 0.05) is 12.5 Å². The van der Waals surface area contributed by atoms with Crippen molar-refractivity contribution in [3.63, 3.8) is 0 Å². The van der Waals surface area contributed by atoms with Crippen LogP contribution in [0, 0.1) is 5.92 Å². The van der Waals surface area contributed by atoms with Gasteiger partial charge in [-0.2, -0.15) is 5.10 Å². The van der Waals surface area contributed by atoms with Crippen molar-refractivity contribution in [1.82, 2.24) is 20.0 Å². The smallest absolute Gasteiger partial charge is 0.0635 e. The predicted octanol–water partition coefficient (Wildman–Crippen LogP) is 2.31. The van der Waals surface area contributed by atoms with Crippen molar-refractivity contribution in [2.24, 2.45) is 5.92 Å². The van der Waals surface area contributed by atoms with Gasteiger partial charge in [0.15, 0.2) is 0 Å². The first-order valence-corrected chi connectivity index (χ1v) is 7.99. The number of aromatic nitrogens is 2. The van der Waals surface area contributed by atoms with Crippen LogP contribution in [-0.4, -0.2) is 48.4 Å². The lowest BCUT2D eigenvalue weighted by atomic mass is 9.71. The second-order valence-corrected chi connectivity index (χ2v) is 6.51. The van der Waals surface area contributed by atoms with E-state index < -0.39 is 0 Å². The number of hydrogen-bond acceptors (Lipinski definition) is 3. The molecule has 5 heteroatoms. The Morgan fingerprint density at radius 2 is 2.26 bits per heavy atom. The molecule has 2 atom stereocenters. The van der Waals surface area contributed by atoms with Crippen LogP contribution >= 0.6 is 15.9 Å². The van der Waals surface area contributed by atoms with Crippen LogP contribution in [0.1, 0.15) is 31.4 Å². The van der Waals surface area contributed by atoms with Crippen LogP contribution in [0.2, 0.25) is 0 Å². The van der Waals surface area contributed by atoms with Gasteiger partial charge in [0.05, 0.1) is 22.9 Å². The summed E-state index contributed by atoms with van der Waals surface area (Å²) in [6.07, 6.45) is 4.58. The quantitative estimate of drug-likeness (QED) is 0.833. The average Bonchev–Trinajstić information content (AvgIpc) is 2.68. The second-order valence-electron chi connectivity index (χ2n) is 5.66. The molecule has 0 aliphatic heterocycles. The van der Waals surface area contributed by atoms with Gasteiger partial charge in [0.25, 0.3) is 0 Å². The van der Waals surface area contributed by atoms with E-state index in [1.807, 2.05) is 6.20 Å². The van der Waals surface area contributed by atoms with Crippen molar-refractivity contribution >= 4 is 15.9 Å². The summed E-state index contributed by atoms with van der Waals surface area (Å²) in [5.41, 5.74) is 1.40. The minimum Gasteiger partial charge on any atom is -0.317 e. The molecule has 1 N–H and O–H groups in total. The Morgan fingerprint density at radius 1 is 1.47 bits per heavy atom. The Hall–Kier alpha value is -0.390. The molecule has 1 fully saturated rings. The molecule has 0 spiro atoms. The van der Waals surface area contributed by atoms with Crippen LogP contribution in [0.4, 0.5) is 0 Å². The Labute approximate surface area is 124 Å². The average molecular weight is 329 g/mol. The van der Waals surface area contributed by atoms with Crippen molar-refractivity contribution in [1.29, 1.82) is 0 Å². The molecule has 0 aromatic carbocycles. The lowest BCUT2D eigenvalue weighted by Crippen LogP contribution is -2.35. The van der Waals surface area contributed by atoms with Gasteiger partial charge < -0.3 is 10.2 Å². The summed E-state index contributed by atoms with van der Waals surface area (Å²) >= 11 is 3.68. The summed E-state index contributed by atoms with van der Waals surface area (Å²) < 4.78 is 3.37. The van der Waals surface area contributed by atoms with E-state index in [4.69, 9.17) is 0 Å². The lowest BCUT2D eigenvalue weighted by Gasteiger charge is -2.37. The van der Waals surface area contributed by atoms with Gasteiger partial charge in [0.2, 0.25) is 0 Å². The van der Waals surface area contributed by atoms with E-state index in [0.717, 1.165) is 32.1 Å². The number of halogens is 1. The Bertz CT molecular complexity index is 402. The topological polar surface area (TPSA) is 33.1 Å². The van der Waals surface area contributed by atoms with Crippen molar-refractivity contribution in [2.45, 2.75) is 32.2 Å². The molecule has 2 unspecified atom stereocenters. The van der Waals surface area contributed by atoms with Gasteiger partial charge in [-0.1, -0.05) is 6.92 Å². The molecular formula is C14H25BrN4. The maximum absolute atomic E-state index is 4.53. The monoisotopic (exact) mass is 328 g/mol. The largest absolute Gasteiger partial charge is 0.317 e. The third kappa shape index (κ3) is 3.58. The molecular weight excluding hydrogens is 304 g/mol. The molecule has 0 saturated heterocycles. The number of likely N-dealkylation sites (N-methyl/N-ethyl adjacent to an activating group) is 1. The summed E-state index contributed by atoms with van der Waals surface area (Å²) in [7, 11) is 4.21. The number of rotatable bonds is 7. The summed E-state index contributed by atoms with van der Waals surface area (Å²) in [6.45, 7) is 6.37. The summed E-state index contributed by atoms with van der Waals surface area (Å²) in [5.74, 6) is 1.43. The zero-order valence-electron chi connectivity index (χ0n) is 12.2. The molecule has 2 rings (SSSR count). The highest BCUT2D eigenvalue weighted by atomic mass is 79.9. The molecule has 4 nitrogen and oxygen atoms in total. The molecule has 1 aliphatic carbocycles. The summed E-state index contributed by atoms with van der Waals surface area (Å²) in [4.78, 5) is 2.20. The Morgan fingerprint density at radius 3 is 2.84 bits per heavy atom. The first-order valence-electron chi connectivity index (χ1n) is 7.20. The Kier molecular flexibility index (Phi) is 5.42. The van der Waals surface area contributed by atoms with Crippen LogP contribution in [-0.2, 0) is 6.54 Å². The molecule has 1 heterocycles. The van der Waals surface area contributed by atoms with Crippen LogP contribution in [0.25, 0.3) is 0 Å². The van der Waals surface area contributed by atoms with Gasteiger partial charge in [-0.15, -0.1) is 0 Å². The maximum atomic E-state index is 4.53. The molecule has 108 valence electrons. The van der Waals surface area contributed by atoms with E-state index in [2.05, 4.69) is 56.9 Å². The molecule has 19 heavy (non-hydrogen) atoms. The van der Waals surface area contributed by atoms with Gasteiger partial charge in [-0.3, -0.25) is 4.68 Å². The third-order valence-corrected chi connectivity index (χ3v) is 4.63. The van der Waals surface area contributed by atoms with E-state index in [1.165, 1.54) is 23.0 Å². The zero-order chi connectivity index (χ0) is 13.8.